The van der Waals surface area contributed by atoms with Gasteiger partial charge in [0.25, 0.3) is 5.91 Å². The van der Waals surface area contributed by atoms with E-state index in [1.54, 1.807) is 25.1 Å². The number of rotatable bonds is 4. The van der Waals surface area contributed by atoms with Crippen molar-refractivity contribution in [3.05, 3.63) is 71.5 Å². The van der Waals surface area contributed by atoms with Gasteiger partial charge in [-0.3, -0.25) is 19.3 Å². The Morgan fingerprint density at radius 3 is 2.38 bits per heavy atom. The summed E-state index contributed by atoms with van der Waals surface area (Å²) >= 11 is 0. The first-order valence-corrected chi connectivity index (χ1v) is 9.69. The van der Waals surface area contributed by atoms with Gasteiger partial charge in [-0.25, -0.2) is 0 Å². The van der Waals surface area contributed by atoms with Gasteiger partial charge in [0.15, 0.2) is 5.76 Å². The van der Waals surface area contributed by atoms with E-state index in [-0.39, 0.29) is 41.7 Å². The first-order valence-electron chi connectivity index (χ1n) is 9.69. The Hall–Kier alpha value is -3.88. The van der Waals surface area contributed by atoms with Gasteiger partial charge >= 0.3 is 6.18 Å². The second-order valence-electron chi connectivity index (χ2n) is 7.27. The first kappa shape index (κ1) is 21.4. The number of furan rings is 1. The van der Waals surface area contributed by atoms with E-state index in [0.29, 0.717) is 16.9 Å². The number of imide groups is 1. The van der Waals surface area contributed by atoms with Crippen molar-refractivity contribution in [1.29, 1.82) is 0 Å². The zero-order valence-corrected chi connectivity index (χ0v) is 16.8. The predicted octanol–water partition coefficient (Wildman–Crippen LogP) is 5.18. The topological polar surface area (TPSA) is 79.6 Å². The maximum atomic E-state index is 12.9. The number of alkyl halides is 3. The molecule has 3 aromatic rings. The molecule has 1 aliphatic rings. The number of halogens is 3. The molecule has 1 N–H and O–H groups in total. The van der Waals surface area contributed by atoms with Gasteiger partial charge in [-0.05, 0) is 48.9 Å². The van der Waals surface area contributed by atoms with E-state index >= 15 is 0 Å². The fraction of sp³-hybridized carbons (Fsp3) is 0.174. The number of carbonyl (C=O) groups is 3. The van der Waals surface area contributed by atoms with Crippen molar-refractivity contribution >= 4 is 29.1 Å². The molecule has 0 aliphatic carbocycles. The molecule has 2 aromatic carbocycles. The van der Waals surface area contributed by atoms with E-state index in [9.17, 15) is 27.6 Å². The predicted molar refractivity (Wildman–Crippen MR) is 110 cm³/mol. The highest BCUT2D eigenvalue weighted by molar-refractivity contribution is 6.20. The molecule has 0 saturated carbocycles. The number of hydrogen-bond donors (Lipinski definition) is 1. The third kappa shape index (κ3) is 4.01. The van der Waals surface area contributed by atoms with Gasteiger partial charge in [0, 0.05) is 24.1 Å². The summed E-state index contributed by atoms with van der Waals surface area (Å²) in [6.45, 7) is 1.67. The van der Waals surface area contributed by atoms with Crippen molar-refractivity contribution in [2.75, 3.05) is 10.2 Å². The summed E-state index contributed by atoms with van der Waals surface area (Å²) in [5, 5.41) is 2.66. The molecule has 0 radical (unpaired) electrons. The van der Waals surface area contributed by atoms with Gasteiger partial charge in [-0.1, -0.05) is 18.2 Å². The largest absolute Gasteiger partial charge is 0.451 e. The average molecular weight is 442 g/mol. The van der Waals surface area contributed by atoms with E-state index < -0.39 is 17.6 Å². The van der Waals surface area contributed by atoms with Crippen molar-refractivity contribution in [3.8, 4) is 11.3 Å². The quantitative estimate of drug-likeness (QED) is 0.565. The van der Waals surface area contributed by atoms with Crippen LogP contribution in [-0.2, 0) is 15.8 Å². The maximum Gasteiger partial charge on any atom is 0.416 e. The second kappa shape index (κ2) is 7.99. The lowest BCUT2D eigenvalue weighted by atomic mass is 10.1. The van der Waals surface area contributed by atoms with E-state index in [2.05, 4.69) is 5.32 Å². The minimum absolute atomic E-state index is 0.101. The molecular weight excluding hydrogens is 425 g/mol. The van der Waals surface area contributed by atoms with Crippen LogP contribution in [-0.4, -0.2) is 17.7 Å². The normalized spacial score (nSPS) is 14.2. The van der Waals surface area contributed by atoms with Crippen LogP contribution in [0, 0.1) is 6.92 Å². The van der Waals surface area contributed by atoms with Crippen LogP contribution in [0.5, 0.6) is 0 Å². The molecule has 164 valence electrons. The maximum absolute atomic E-state index is 12.9. The number of benzene rings is 2. The van der Waals surface area contributed by atoms with Crippen LogP contribution < -0.4 is 10.2 Å². The average Bonchev–Trinajstić information content (AvgIpc) is 3.37. The van der Waals surface area contributed by atoms with Gasteiger partial charge in [0.1, 0.15) is 5.76 Å². The summed E-state index contributed by atoms with van der Waals surface area (Å²) in [6, 6.07) is 12.2. The second-order valence-corrected chi connectivity index (χ2v) is 7.27. The molecule has 1 aromatic heterocycles. The molecule has 0 spiro atoms. The zero-order valence-electron chi connectivity index (χ0n) is 16.8. The molecule has 6 nitrogen and oxygen atoms in total. The molecule has 2 heterocycles. The van der Waals surface area contributed by atoms with Gasteiger partial charge in [0.2, 0.25) is 11.8 Å². The Kier molecular flexibility index (Phi) is 5.33. The number of nitrogens with one attached hydrogen (secondary N) is 1. The summed E-state index contributed by atoms with van der Waals surface area (Å²) in [5.74, 6) is -1.23. The fourth-order valence-corrected chi connectivity index (χ4v) is 3.49. The smallest absolute Gasteiger partial charge is 0.416 e. The van der Waals surface area contributed by atoms with Crippen LogP contribution in [0.3, 0.4) is 0 Å². The molecule has 0 unspecified atom stereocenters. The first-order chi connectivity index (χ1) is 15.1. The van der Waals surface area contributed by atoms with Crippen LogP contribution in [0.2, 0.25) is 0 Å². The number of anilines is 2. The molecule has 4 rings (SSSR count). The number of nitrogens with zero attached hydrogens (tertiary/aromatic N) is 1. The Morgan fingerprint density at radius 1 is 1.00 bits per heavy atom. The standard InChI is InChI=1S/C23H17F3N2O4/c1-13-16(6-3-7-17(13)28-20(29)10-11-21(28)30)27-22(31)19-9-8-18(32-19)14-4-2-5-15(12-14)23(24,25)26/h2-9,12H,10-11H2,1H3,(H,27,31). The van der Waals surface area contributed by atoms with Crippen LogP contribution in [0.1, 0.15) is 34.5 Å². The summed E-state index contributed by atoms with van der Waals surface area (Å²) in [6.07, 6.45) is -4.22. The number of hydrogen-bond acceptors (Lipinski definition) is 4. The van der Waals surface area contributed by atoms with Crippen LogP contribution in [0.4, 0.5) is 24.5 Å². The zero-order chi connectivity index (χ0) is 23.0. The van der Waals surface area contributed by atoms with Crippen LogP contribution >= 0.6 is 0 Å². The molecule has 32 heavy (non-hydrogen) atoms. The Balaban J connectivity index is 1.56. The lowest BCUT2D eigenvalue weighted by Gasteiger charge is -2.18. The highest BCUT2D eigenvalue weighted by Crippen LogP contribution is 2.33. The van der Waals surface area contributed by atoms with Crippen molar-refractivity contribution in [2.24, 2.45) is 0 Å². The molecule has 3 amide bonds. The minimum atomic E-state index is -4.50. The number of carbonyl (C=O) groups excluding carboxylic acids is 3. The van der Waals surface area contributed by atoms with Crippen LogP contribution in [0.25, 0.3) is 11.3 Å². The Labute approximate surface area is 180 Å². The van der Waals surface area contributed by atoms with Crippen LogP contribution in [0.15, 0.2) is 59.0 Å². The lowest BCUT2D eigenvalue weighted by molar-refractivity contribution is -0.137. The molecule has 1 saturated heterocycles. The van der Waals surface area contributed by atoms with Gasteiger partial charge in [0.05, 0.1) is 11.3 Å². The third-order valence-corrected chi connectivity index (χ3v) is 5.15. The van der Waals surface area contributed by atoms with E-state index in [1.807, 2.05) is 0 Å². The summed E-state index contributed by atoms with van der Waals surface area (Å²) < 4.78 is 44.3. The molecular formula is C23H17F3N2O4. The SMILES string of the molecule is Cc1c(NC(=O)c2ccc(-c3cccc(C(F)(F)F)c3)o2)cccc1N1C(=O)CCC1=O. The molecule has 1 aliphatic heterocycles. The Bertz CT molecular complexity index is 1210. The molecule has 1 fully saturated rings. The highest BCUT2D eigenvalue weighted by Gasteiger charge is 2.32. The molecule has 0 bridgehead atoms. The fourth-order valence-electron chi connectivity index (χ4n) is 3.49. The Morgan fingerprint density at radius 2 is 1.69 bits per heavy atom. The number of amides is 3. The van der Waals surface area contributed by atoms with E-state index in [4.69, 9.17) is 4.42 Å². The van der Waals surface area contributed by atoms with Gasteiger partial charge in [-0.2, -0.15) is 13.2 Å². The van der Waals surface area contributed by atoms with Gasteiger partial charge in [-0.15, -0.1) is 0 Å². The highest BCUT2D eigenvalue weighted by atomic mass is 19.4. The monoisotopic (exact) mass is 442 g/mol. The lowest BCUT2D eigenvalue weighted by Crippen LogP contribution is -2.29. The molecule has 0 atom stereocenters. The van der Waals surface area contributed by atoms with Gasteiger partial charge < -0.3 is 9.73 Å². The third-order valence-electron chi connectivity index (χ3n) is 5.15. The van der Waals surface area contributed by atoms with Crippen molar-refractivity contribution in [2.45, 2.75) is 25.9 Å². The van der Waals surface area contributed by atoms with Crippen molar-refractivity contribution in [3.63, 3.8) is 0 Å². The van der Waals surface area contributed by atoms with Crippen molar-refractivity contribution < 1.29 is 32.0 Å². The van der Waals surface area contributed by atoms with Crippen molar-refractivity contribution in [1.82, 2.24) is 0 Å². The summed E-state index contributed by atoms with van der Waals surface area (Å²) in [4.78, 5) is 37.9. The summed E-state index contributed by atoms with van der Waals surface area (Å²) in [5.41, 5.74) is 0.643. The molecule has 9 heteroatoms. The van der Waals surface area contributed by atoms with E-state index in [0.717, 1.165) is 17.0 Å². The summed E-state index contributed by atoms with van der Waals surface area (Å²) in [7, 11) is 0. The minimum Gasteiger partial charge on any atom is -0.451 e. The van der Waals surface area contributed by atoms with E-state index in [1.165, 1.54) is 24.3 Å².